The molecule has 1 heterocycles. The first kappa shape index (κ1) is 27.4. The van der Waals surface area contributed by atoms with Crippen LogP contribution in [0.4, 0.5) is 0 Å². The predicted octanol–water partition coefficient (Wildman–Crippen LogP) is 4.79. The number of halogens is 1. The molecule has 1 unspecified atom stereocenters. The zero-order chi connectivity index (χ0) is 24.4. The van der Waals surface area contributed by atoms with Crippen LogP contribution in [0.1, 0.15) is 42.4 Å². The fourth-order valence-corrected chi connectivity index (χ4v) is 4.14. The van der Waals surface area contributed by atoms with Gasteiger partial charge < -0.3 is 15.0 Å². The third-order valence-electron chi connectivity index (χ3n) is 4.58. The average molecular weight is 479 g/mol. The Morgan fingerprint density at radius 2 is 1.72 bits per heavy atom. The first-order valence-electron chi connectivity index (χ1n) is 10.3. The van der Waals surface area contributed by atoms with E-state index in [0.717, 1.165) is 22.9 Å². The molecule has 0 fully saturated rings. The van der Waals surface area contributed by atoms with Crippen molar-refractivity contribution in [1.82, 2.24) is 4.57 Å². The van der Waals surface area contributed by atoms with Crippen LogP contribution in [0.2, 0.25) is 5.02 Å². The Bertz CT molecular complexity index is 1090. The summed E-state index contributed by atoms with van der Waals surface area (Å²) in [5.41, 5.74) is 8.91. The van der Waals surface area contributed by atoms with E-state index in [0.29, 0.717) is 15.6 Å². The standard InChI is InChI=1S/C11H11ClN2O.C11H14O3S.C2H6/c1-6-3-8(12)7-5-10(11(13)15)14(2)9(7)4-6;1-3-9-4-6-10(7-5-9)15(13)8-11(12)14-2;1-2/h3-5H,1-2H3,(H2,13,15);4-7H,3,8H2,1-2H3;1-2H3. The van der Waals surface area contributed by atoms with Crippen molar-refractivity contribution in [3.63, 3.8) is 0 Å². The van der Waals surface area contributed by atoms with Crippen molar-refractivity contribution in [2.75, 3.05) is 12.9 Å². The Labute approximate surface area is 197 Å². The van der Waals surface area contributed by atoms with Crippen LogP contribution in [0.3, 0.4) is 0 Å². The number of aromatic nitrogens is 1. The molecule has 3 aromatic rings. The van der Waals surface area contributed by atoms with Crippen molar-refractivity contribution in [3.05, 3.63) is 64.3 Å². The minimum absolute atomic E-state index is 0.0814. The summed E-state index contributed by atoms with van der Waals surface area (Å²) < 4.78 is 17.8. The number of amides is 1. The van der Waals surface area contributed by atoms with Gasteiger partial charge in [0.25, 0.3) is 5.91 Å². The molecule has 3 rings (SSSR count). The van der Waals surface area contributed by atoms with Gasteiger partial charge in [-0.25, -0.2) is 0 Å². The maximum Gasteiger partial charge on any atom is 0.318 e. The Hall–Kier alpha value is -2.64. The molecule has 1 aromatic heterocycles. The van der Waals surface area contributed by atoms with Crippen molar-refractivity contribution in [1.29, 1.82) is 0 Å². The summed E-state index contributed by atoms with van der Waals surface area (Å²) in [6, 6.07) is 13.0. The largest absolute Gasteiger partial charge is 0.468 e. The van der Waals surface area contributed by atoms with Crippen LogP contribution < -0.4 is 5.73 Å². The van der Waals surface area contributed by atoms with E-state index in [-0.39, 0.29) is 5.75 Å². The molecule has 0 saturated heterocycles. The lowest BCUT2D eigenvalue weighted by molar-refractivity contribution is -0.137. The van der Waals surface area contributed by atoms with Crippen LogP contribution in [0.25, 0.3) is 10.9 Å². The molecular formula is C24H31ClN2O4S. The highest BCUT2D eigenvalue weighted by Crippen LogP contribution is 2.27. The quantitative estimate of drug-likeness (QED) is 0.533. The van der Waals surface area contributed by atoms with Gasteiger partial charge in [0, 0.05) is 17.3 Å². The first-order valence-corrected chi connectivity index (χ1v) is 12.0. The molecule has 0 aliphatic rings. The highest BCUT2D eigenvalue weighted by Gasteiger charge is 2.12. The molecule has 0 saturated carbocycles. The number of methoxy groups -OCH3 is 1. The van der Waals surface area contributed by atoms with Crippen LogP contribution in [-0.2, 0) is 33.8 Å². The number of carbonyl (C=O) groups is 2. The van der Waals surface area contributed by atoms with Gasteiger partial charge >= 0.3 is 5.97 Å². The SMILES string of the molecule is CC.CCc1ccc(S(=O)CC(=O)OC)cc1.Cc1cc(Cl)c2cc(C(N)=O)n(C)c2c1. The van der Waals surface area contributed by atoms with Gasteiger partial charge in [0.1, 0.15) is 11.4 Å². The van der Waals surface area contributed by atoms with E-state index in [1.807, 2.05) is 45.0 Å². The number of aryl methyl sites for hydroxylation is 3. The van der Waals surface area contributed by atoms with Crippen LogP contribution >= 0.6 is 11.6 Å². The van der Waals surface area contributed by atoms with E-state index in [2.05, 4.69) is 11.7 Å². The Morgan fingerprint density at radius 3 is 2.22 bits per heavy atom. The molecular weight excluding hydrogens is 448 g/mol. The zero-order valence-corrected chi connectivity index (χ0v) is 21.0. The van der Waals surface area contributed by atoms with Gasteiger partial charge in [-0.15, -0.1) is 0 Å². The maximum absolute atomic E-state index is 11.6. The molecule has 0 bridgehead atoms. The van der Waals surface area contributed by atoms with E-state index >= 15 is 0 Å². The Morgan fingerprint density at radius 1 is 1.12 bits per heavy atom. The van der Waals surface area contributed by atoms with Crippen molar-refractivity contribution in [2.45, 2.75) is 39.0 Å². The maximum atomic E-state index is 11.6. The second kappa shape index (κ2) is 13.0. The van der Waals surface area contributed by atoms with Crippen LogP contribution in [0.15, 0.2) is 47.4 Å². The molecule has 6 nitrogen and oxygen atoms in total. The number of hydrogen-bond acceptors (Lipinski definition) is 4. The minimum Gasteiger partial charge on any atom is -0.468 e. The van der Waals surface area contributed by atoms with Gasteiger partial charge in [0.05, 0.1) is 28.4 Å². The summed E-state index contributed by atoms with van der Waals surface area (Å²) in [6.07, 6.45) is 0.948. The molecule has 174 valence electrons. The summed E-state index contributed by atoms with van der Waals surface area (Å²) in [6.45, 7) is 8.02. The summed E-state index contributed by atoms with van der Waals surface area (Å²) in [4.78, 5) is 22.7. The number of hydrogen-bond donors (Lipinski definition) is 1. The van der Waals surface area contributed by atoms with Gasteiger partial charge in [0.2, 0.25) is 0 Å². The molecule has 1 amide bonds. The number of fused-ring (bicyclic) bond motifs is 1. The van der Waals surface area contributed by atoms with E-state index in [1.54, 1.807) is 29.8 Å². The Balaban J connectivity index is 0.000000297. The molecule has 8 heteroatoms. The number of primary amides is 1. The monoisotopic (exact) mass is 478 g/mol. The summed E-state index contributed by atoms with van der Waals surface area (Å²) in [7, 11) is 1.80. The Kier molecular flexibility index (Phi) is 11.2. The van der Waals surface area contributed by atoms with E-state index in [4.69, 9.17) is 17.3 Å². The van der Waals surface area contributed by atoms with E-state index in [9.17, 15) is 13.8 Å². The van der Waals surface area contributed by atoms with E-state index < -0.39 is 22.7 Å². The zero-order valence-electron chi connectivity index (χ0n) is 19.4. The molecule has 1 atom stereocenters. The third kappa shape index (κ3) is 7.21. The average Bonchev–Trinajstić information content (AvgIpc) is 3.12. The highest BCUT2D eigenvalue weighted by molar-refractivity contribution is 7.85. The topological polar surface area (TPSA) is 91.4 Å². The molecule has 2 aromatic carbocycles. The second-order valence-electron chi connectivity index (χ2n) is 6.70. The number of benzene rings is 2. The van der Waals surface area contributed by atoms with Crippen LogP contribution in [0, 0.1) is 6.92 Å². The summed E-state index contributed by atoms with van der Waals surface area (Å²) in [5, 5.41) is 1.51. The van der Waals surface area contributed by atoms with Crippen LogP contribution in [-0.4, -0.2) is 33.5 Å². The van der Waals surface area contributed by atoms with Crippen LogP contribution in [0.5, 0.6) is 0 Å². The molecule has 0 radical (unpaired) electrons. The fourth-order valence-electron chi connectivity index (χ4n) is 2.88. The molecule has 32 heavy (non-hydrogen) atoms. The lowest BCUT2D eigenvalue weighted by Crippen LogP contribution is -2.14. The molecule has 0 aliphatic heterocycles. The van der Waals surface area contributed by atoms with Crippen molar-refractivity contribution >= 4 is 45.2 Å². The lowest BCUT2D eigenvalue weighted by Gasteiger charge is -2.02. The van der Waals surface area contributed by atoms with E-state index in [1.165, 1.54) is 12.7 Å². The van der Waals surface area contributed by atoms with Crippen molar-refractivity contribution in [2.24, 2.45) is 12.8 Å². The number of rotatable bonds is 5. The number of nitrogens with two attached hydrogens (primary N) is 1. The highest BCUT2D eigenvalue weighted by atomic mass is 35.5. The second-order valence-corrected chi connectivity index (χ2v) is 8.55. The summed E-state index contributed by atoms with van der Waals surface area (Å²) >= 11 is 6.09. The number of nitrogens with zero attached hydrogens (tertiary/aromatic N) is 1. The van der Waals surface area contributed by atoms with Gasteiger partial charge in [-0.2, -0.15) is 0 Å². The number of carbonyl (C=O) groups excluding carboxylic acids is 2. The van der Waals surface area contributed by atoms with Gasteiger partial charge in [-0.1, -0.05) is 44.5 Å². The molecule has 0 aliphatic carbocycles. The minimum atomic E-state index is -1.30. The van der Waals surface area contributed by atoms with Gasteiger partial charge in [0.15, 0.2) is 0 Å². The fraction of sp³-hybridized carbons (Fsp3) is 0.333. The van der Waals surface area contributed by atoms with Gasteiger partial charge in [-0.05, 0) is 54.8 Å². The summed E-state index contributed by atoms with van der Waals surface area (Å²) in [5.74, 6) is -0.975. The van der Waals surface area contributed by atoms with Crippen molar-refractivity contribution < 1.29 is 18.5 Å². The molecule has 2 N–H and O–H groups in total. The normalized spacial score (nSPS) is 11.0. The number of esters is 1. The molecule has 0 spiro atoms. The van der Waals surface area contributed by atoms with Gasteiger partial charge in [-0.3, -0.25) is 13.8 Å². The number of ether oxygens (including phenoxy) is 1. The first-order chi connectivity index (χ1) is 15.2. The van der Waals surface area contributed by atoms with Crippen molar-refractivity contribution in [3.8, 4) is 0 Å². The third-order valence-corrected chi connectivity index (χ3v) is 6.19. The lowest BCUT2D eigenvalue weighted by atomic mass is 10.2. The predicted molar refractivity (Wildman–Crippen MR) is 132 cm³/mol. The smallest absolute Gasteiger partial charge is 0.318 e.